The fourth-order valence-electron chi connectivity index (χ4n) is 3.70. The number of amides is 1. The Kier molecular flexibility index (Phi) is 6.70. The van der Waals surface area contributed by atoms with E-state index in [-0.39, 0.29) is 16.2 Å². The van der Waals surface area contributed by atoms with Crippen LogP contribution in [0.2, 0.25) is 0 Å². The Bertz CT molecular complexity index is 1240. The summed E-state index contributed by atoms with van der Waals surface area (Å²) in [7, 11) is 0. The molecule has 4 nitrogen and oxygen atoms in total. The zero-order valence-corrected chi connectivity index (χ0v) is 19.7. The highest BCUT2D eigenvalue weighted by Gasteiger charge is 2.21. The molecule has 6 heteroatoms. The van der Waals surface area contributed by atoms with Gasteiger partial charge in [0.05, 0.1) is 22.1 Å². The molecule has 1 heterocycles. The number of imidazole rings is 1. The Balaban J connectivity index is 1.75. The van der Waals surface area contributed by atoms with Gasteiger partial charge in [-0.25, -0.2) is 9.37 Å². The zero-order chi connectivity index (χ0) is 22.7. The summed E-state index contributed by atoms with van der Waals surface area (Å²) >= 11 is 3.20. The lowest BCUT2D eigenvalue weighted by Gasteiger charge is -2.24. The molecule has 0 aliphatic heterocycles. The quantitative estimate of drug-likeness (QED) is 0.290. The van der Waals surface area contributed by atoms with Gasteiger partial charge in [-0.05, 0) is 70.7 Å². The number of fused-ring (bicyclic) bond motifs is 1. The lowest BCUT2D eigenvalue weighted by Crippen LogP contribution is -2.33. The van der Waals surface area contributed by atoms with E-state index >= 15 is 0 Å². The third kappa shape index (κ3) is 4.75. The largest absolute Gasteiger partial charge is 0.331 e. The number of rotatable bonds is 7. The van der Waals surface area contributed by atoms with Crippen LogP contribution in [0.1, 0.15) is 36.5 Å². The molecular formula is C26H25BrFN3O. The van der Waals surface area contributed by atoms with Gasteiger partial charge in [-0.3, -0.25) is 9.36 Å². The van der Waals surface area contributed by atoms with Crippen LogP contribution in [0.5, 0.6) is 0 Å². The highest BCUT2D eigenvalue weighted by Crippen LogP contribution is 2.24. The molecule has 0 saturated heterocycles. The zero-order valence-electron chi connectivity index (χ0n) is 18.1. The minimum atomic E-state index is -0.388. The molecule has 0 unspecified atom stereocenters. The Hall–Kier alpha value is -2.99. The minimum Gasteiger partial charge on any atom is -0.331 e. The van der Waals surface area contributed by atoms with Crippen LogP contribution < -0.4 is 0 Å². The summed E-state index contributed by atoms with van der Waals surface area (Å²) in [5.74, 6) is 0.702. The number of para-hydroxylation sites is 3. The maximum atomic E-state index is 13.7. The molecule has 0 bridgehead atoms. The van der Waals surface area contributed by atoms with Gasteiger partial charge >= 0.3 is 0 Å². The molecular weight excluding hydrogens is 469 g/mol. The number of nitrogens with zero attached hydrogens (tertiary/aromatic N) is 3. The van der Waals surface area contributed by atoms with Crippen LogP contribution in [-0.2, 0) is 6.54 Å². The van der Waals surface area contributed by atoms with Crippen molar-refractivity contribution in [3.8, 4) is 5.69 Å². The van der Waals surface area contributed by atoms with Crippen molar-refractivity contribution < 1.29 is 9.18 Å². The molecule has 0 aliphatic rings. The number of benzene rings is 3. The summed E-state index contributed by atoms with van der Waals surface area (Å²) in [5.41, 5.74) is 3.32. The predicted octanol–water partition coefficient (Wildman–Crippen LogP) is 6.62. The van der Waals surface area contributed by atoms with Crippen molar-refractivity contribution in [2.24, 2.45) is 5.92 Å². The van der Waals surface area contributed by atoms with E-state index in [1.807, 2.05) is 54.6 Å². The Labute approximate surface area is 195 Å². The van der Waals surface area contributed by atoms with Gasteiger partial charge in [0, 0.05) is 17.8 Å². The number of carbonyl (C=O) groups is 1. The van der Waals surface area contributed by atoms with Crippen LogP contribution in [0, 0.1) is 11.7 Å². The minimum absolute atomic E-state index is 0.141. The summed E-state index contributed by atoms with van der Waals surface area (Å²) in [5, 5.41) is 0. The van der Waals surface area contributed by atoms with Crippen molar-refractivity contribution in [3.63, 3.8) is 0 Å². The van der Waals surface area contributed by atoms with E-state index in [0.29, 0.717) is 24.6 Å². The van der Waals surface area contributed by atoms with Crippen molar-refractivity contribution in [1.29, 1.82) is 0 Å². The molecule has 0 saturated carbocycles. The Morgan fingerprint density at radius 2 is 1.78 bits per heavy atom. The predicted molar refractivity (Wildman–Crippen MR) is 129 cm³/mol. The molecule has 0 atom stereocenters. The summed E-state index contributed by atoms with van der Waals surface area (Å²) in [6, 6.07) is 22.4. The molecule has 0 spiro atoms. The van der Waals surface area contributed by atoms with Gasteiger partial charge in [0.15, 0.2) is 0 Å². The molecule has 0 aliphatic carbocycles. The monoisotopic (exact) mass is 493 g/mol. The third-order valence-corrected chi connectivity index (χ3v) is 6.01. The number of halogens is 2. The SMILES string of the molecule is CC(C)CCN(Cc1nc2ccccc2n1-c1ccccc1)C(=O)c1ccc(F)c(Br)c1. The Morgan fingerprint density at radius 3 is 2.50 bits per heavy atom. The van der Waals surface area contributed by atoms with Crippen molar-refractivity contribution in [3.05, 3.63) is 94.5 Å². The molecule has 32 heavy (non-hydrogen) atoms. The molecule has 1 amide bonds. The molecule has 0 N–H and O–H groups in total. The van der Waals surface area contributed by atoms with Gasteiger partial charge in [0.25, 0.3) is 5.91 Å². The van der Waals surface area contributed by atoms with Crippen molar-refractivity contribution in [1.82, 2.24) is 14.5 Å². The van der Waals surface area contributed by atoms with Gasteiger partial charge in [0.2, 0.25) is 0 Å². The Morgan fingerprint density at radius 1 is 1.06 bits per heavy atom. The average Bonchev–Trinajstić information content (AvgIpc) is 3.16. The van der Waals surface area contributed by atoms with Gasteiger partial charge in [-0.15, -0.1) is 0 Å². The maximum absolute atomic E-state index is 13.7. The lowest BCUT2D eigenvalue weighted by molar-refractivity contribution is 0.0730. The number of carbonyl (C=O) groups excluding carboxylic acids is 1. The first-order valence-electron chi connectivity index (χ1n) is 10.7. The first-order valence-corrected chi connectivity index (χ1v) is 11.5. The highest BCUT2D eigenvalue weighted by molar-refractivity contribution is 9.10. The number of hydrogen-bond donors (Lipinski definition) is 0. The standard InChI is InChI=1S/C26H25BrFN3O/c1-18(2)14-15-30(26(32)19-12-13-22(28)21(27)16-19)17-25-29-23-10-6-7-11-24(23)31(25)20-8-4-3-5-9-20/h3-13,16,18H,14-15,17H2,1-2H3. The fourth-order valence-corrected chi connectivity index (χ4v) is 4.07. The van der Waals surface area contributed by atoms with Crippen LogP contribution in [0.4, 0.5) is 4.39 Å². The van der Waals surface area contributed by atoms with E-state index < -0.39 is 0 Å². The van der Waals surface area contributed by atoms with Crippen LogP contribution in [0.15, 0.2) is 77.3 Å². The maximum Gasteiger partial charge on any atom is 0.254 e. The normalized spacial score (nSPS) is 11.3. The first kappa shape index (κ1) is 22.2. The second-order valence-corrected chi connectivity index (χ2v) is 9.08. The summed E-state index contributed by atoms with van der Waals surface area (Å²) in [4.78, 5) is 20.1. The van der Waals surface area contributed by atoms with E-state index in [2.05, 4.69) is 34.3 Å². The summed E-state index contributed by atoms with van der Waals surface area (Å²) < 4.78 is 16.1. The van der Waals surface area contributed by atoms with Crippen molar-refractivity contribution >= 4 is 32.9 Å². The first-order chi connectivity index (χ1) is 15.4. The molecule has 164 valence electrons. The van der Waals surface area contributed by atoms with Gasteiger partial charge in [-0.1, -0.05) is 44.2 Å². The molecule has 1 aromatic heterocycles. The molecule has 3 aromatic carbocycles. The van der Waals surface area contributed by atoms with Crippen LogP contribution in [0.3, 0.4) is 0 Å². The van der Waals surface area contributed by atoms with Crippen molar-refractivity contribution in [2.45, 2.75) is 26.8 Å². The lowest BCUT2D eigenvalue weighted by atomic mass is 10.1. The molecule has 0 radical (unpaired) electrons. The van der Waals surface area contributed by atoms with Gasteiger partial charge < -0.3 is 4.90 Å². The molecule has 0 fully saturated rings. The molecule has 4 rings (SSSR count). The second kappa shape index (κ2) is 9.65. The summed E-state index contributed by atoms with van der Waals surface area (Å²) in [6.07, 6.45) is 0.861. The van der Waals surface area contributed by atoms with Crippen LogP contribution >= 0.6 is 15.9 Å². The van der Waals surface area contributed by atoms with Crippen LogP contribution in [-0.4, -0.2) is 26.9 Å². The van der Waals surface area contributed by atoms with E-state index in [0.717, 1.165) is 29.0 Å². The number of hydrogen-bond acceptors (Lipinski definition) is 2. The fraction of sp³-hybridized carbons (Fsp3) is 0.231. The van der Waals surface area contributed by atoms with Gasteiger partial charge in [0.1, 0.15) is 11.6 Å². The number of aromatic nitrogens is 2. The topological polar surface area (TPSA) is 38.1 Å². The van der Waals surface area contributed by atoms with E-state index in [9.17, 15) is 9.18 Å². The van der Waals surface area contributed by atoms with Crippen molar-refractivity contribution in [2.75, 3.05) is 6.54 Å². The third-order valence-electron chi connectivity index (χ3n) is 5.41. The van der Waals surface area contributed by atoms with E-state index in [1.165, 1.54) is 12.1 Å². The highest BCUT2D eigenvalue weighted by atomic mass is 79.9. The van der Waals surface area contributed by atoms with Crippen LogP contribution in [0.25, 0.3) is 16.7 Å². The second-order valence-electron chi connectivity index (χ2n) is 8.23. The van der Waals surface area contributed by atoms with E-state index in [1.54, 1.807) is 11.0 Å². The average molecular weight is 494 g/mol. The smallest absolute Gasteiger partial charge is 0.254 e. The van der Waals surface area contributed by atoms with Gasteiger partial charge in [-0.2, -0.15) is 0 Å². The van der Waals surface area contributed by atoms with E-state index in [4.69, 9.17) is 4.98 Å². The molecule has 4 aromatic rings. The summed E-state index contributed by atoms with van der Waals surface area (Å²) in [6.45, 7) is 5.21.